The minimum Gasteiger partial charge on any atom is -0.352 e. The molecule has 1 heterocycles. The third kappa shape index (κ3) is 3.17. The standard InChI is InChI=1S/C13H19N3O3S/c1-16(2)20(18,19)12-5-3-4-11(6-12)13(17)15-9-10-7-14-8-10/h3-6,10,14H,7-9H2,1-2H3,(H,15,17). The predicted octanol–water partition coefficient (Wildman–Crippen LogP) is -0.114. The van der Waals surface area contributed by atoms with Crippen molar-refractivity contribution in [2.75, 3.05) is 33.7 Å². The van der Waals surface area contributed by atoms with Crippen LogP contribution in [-0.2, 0) is 10.0 Å². The second kappa shape index (κ2) is 5.90. The lowest BCUT2D eigenvalue weighted by atomic mass is 10.0. The zero-order valence-corrected chi connectivity index (χ0v) is 12.4. The highest BCUT2D eigenvalue weighted by Crippen LogP contribution is 2.15. The van der Waals surface area contributed by atoms with Gasteiger partial charge < -0.3 is 10.6 Å². The van der Waals surface area contributed by atoms with Crippen molar-refractivity contribution in [2.45, 2.75) is 4.90 Å². The van der Waals surface area contributed by atoms with E-state index in [-0.39, 0.29) is 10.8 Å². The number of rotatable bonds is 5. The summed E-state index contributed by atoms with van der Waals surface area (Å²) in [5, 5.41) is 5.95. The summed E-state index contributed by atoms with van der Waals surface area (Å²) in [5.74, 6) is 0.223. The molecule has 6 nitrogen and oxygen atoms in total. The molecule has 0 saturated carbocycles. The molecule has 1 saturated heterocycles. The van der Waals surface area contributed by atoms with Gasteiger partial charge in [0.25, 0.3) is 5.91 Å². The Morgan fingerprint density at radius 2 is 2.10 bits per heavy atom. The lowest BCUT2D eigenvalue weighted by molar-refractivity contribution is 0.0942. The summed E-state index contributed by atoms with van der Waals surface area (Å²) in [5.41, 5.74) is 0.361. The number of carbonyl (C=O) groups excluding carboxylic acids is 1. The van der Waals surface area contributed by atoms with E-state index in [2.05, 4.69) is 10.6 Å². The van der Waals surface area contributed by atoms with Crippen LogP contribution >= 0.6 is 0 Å². The monoisotopic (exact) mass is 297 g/mol. The number of nitrogens with zero attached hydrogens (tertiary/aromatic N) is 1. The topological polar surface area (TPSA) is 78.5 Å². The zero-order valence-electron chi connectivity index (χ0n) is 11.6. The molecule has 0 bridgehead atoms. The van der Waals surface area contributed by atoms with Crippen LogP contribution in [0.1, 0.15) is 10.4 Å². The lowest BCUT2D eigenvalue weighted by Crippen LogP contribution is -2.48. The average molecular weight is 297 g/mol. The zero-order chi connectivity index (χ0) is 14.8. The smallest absolute Gasteiger partial charge is 0.251 e. The summed E-state index contributed by atoms with van der Waals surface area (Å²) in [6.07, 6.45) is 0. The average Bonchev–Trinajstić information content (AvgIpc) is 2.36. The van der Waals surface area contributed by atoms with E-state index in [1.165, 1.54) is 26.2 Å². The number of carbonyl (C=O) groups is 1. The summed E-state index contributed by atoms with van der Waals surface area (Å²) in [6, 6.07) is 6.09. The number of benzene rings is 1. The molecule has 0 aliphatic carbocycles. The molecule has 20 heavy (non-hydrogen) atoms. The molecule has 0 radical (unpaired) electrons. The summed E-state index contributed by atoms with van der Waals surface area (Å²) in [4.78, 5) is 12.1. The van der Waals surface area contributed by atoms with Gasteiger partial charge in [-0.3, -0.25) is 4.79 Å². The van der Waals surface area contributed by atoms with Gasteiger partial charge >= 0.3 is 0 Å². The molecule has 1 aromatic rings. The molecule has 0 unspecified atom stereocenters. The van der Waals surface area contributed by atoms with E-state index >= 15 is 0 Å². The van der Waals surface area contributed by atoms with Crippen LogP contribution in [0.5, 0.6) is 0 Å². The van der Waals surface area contributed by atoms with Gasteiger partial charge in [0.05, 0.1) is 4.90 Å². The van der Waals surface area contributed by atoms with Gasteiger partial charge in [-0.2, -0.15) is 0 Å². The molecule has 1 aliphatic rings. The molecule has 7 heteroatoms. The molecular weight excluding hydrogens is 278 g/mol. The Morgan fingerprint density at radius 1 is 1.40 bits per heavy atom. The van der Waals surface area contributed by atoms with Crippen molar-refractivity contribution in [1.82, 2.24) is 14.9 Å². The van der Waals surface area contributed by atoms with Gasteiger partial charge in [-0.15, -0.1) is 0 Å². The van der Waals surface area contributed by atoms with Gasteiger partial charge in [-0.1, -0.05) is 6.07 Å². The van der Waals surface area contributed by atoms with Gasteiger partial charge in [-0.05, 0) is 18.2 Å². The van der Waals surface area contributed by atoms with E-state index in [9.17, 15) is 13.2 Å². The first kappa shape index (κ1) is 15.0. The Balaban J connectivity index is 2.10. The molecule has 110 valence electrons. The number of sulfonamides is 1. The Labute approximate surface area is 119 Å². The normalized spacial score (nSPS) is 15.9. The van der Waals surface area contributed by atoms with Crippen LogP contribution < -0.4 is 10.6 Å². The Morgan fingerprint density at radius 3 is 2.65 bits per heavy atom. The third-order valence-corrected chi connectivity index (χ3v) is 5.10. The minimum atomic E-state index is -3.51. The summed E-state index contributed by atoms with van der Waals surface area (Å²) < 4.78 is 25.2. The van der Waals surface area contributed by atoms with E-state index in [0.29, 0.717) is 18.0 Å². The highest BCUT2D eigenvalue weighted by atomic mass is 32.2. The number of nitrogens with one attached hydrogen (secondary N) is 2. The summed E-state index contributed by atoms with van der Waals surface area (Å²) in [6.45, 7) is 2.43. The maximum absolute atomic E-state index is 12.0. The van der Waals surface area contributed by atoms with E-state index in [1.807, 2.05) is 0 Å². The van der Waals surface area contributed by atoms with Gasteiger partial charge in [0, 0.05) is 45.2 Å². The van der Waals surface area contributed by atoms with Crippen LogP contribution in [0, 0.1) is 5.92 Å². The summed E-state index contributed by atoms with van der Waals surface area (Å²) in [7, 11) is -0.586. The van der Waals surface area contributed by atoms with Crippen molar-refractivity contribution in [3.63, 3.8) is 0 Å². The lowest BCUT2D eigenvalue weighted by Gasteiger charge is -2.27. The van der Waals surface area contributed by atoms with Crippen molar-refractivity contribution in [2.24, 2.45) is 5.92 Å². The van der Waals surface area contributed by atoms with E-state index in [0.717, 1.165) is 17.4 Å². The molecule has 1 amide bonds. The molecular formula is C13H19N3O3S. The van der Waals surface area contributed by atoms with Gasteiger partial charge in [0.1, 0.15) is 0 Å². The molecule has 0 atom stereocenters. The Bertz CT molecular complexity index is 595. The van der Waals surface area contributed by atoms with E-state index < -0.39 is 10.0 Å². The highest BCUT2D eigenvalue weighted by molar-refractivity contribution is 7.89. The fraction of sp³-hybridized carbons (Fsp3) is 0.462. The van der Waals surface area contributed by atoms with Crippen LogP contribution in [0.15, 0.2) is 29.2 Å². The maximum Gasteiger partial charge on any atom is 0.251 e. The fourth-order valence-electron chi connectivity index (χ4n) is 1.84. The van der Waals surface area contributed by atoms with E-state index in [1.54, 1.807) is 12.1 Å². The van der Waals surface area contributed by atoms with Crippen molar-refractivity contribution < 1.29 is 13.2 Å². The van der Waals surface area contributed by atoms with Crippen molar-refractivity contribution in [3.8, 4) is 0 Å². The van der Waals surface area contributed by atoms with Gasteiger partial charge in [0.15, 0.2) is 0 Å². The van der Waals surface area contributed by atoms with Crippen molar-refractivity contribution in [3.05, 3.63) is 29.8 Å². The SMILES string of the molecule is CN(C)S(=O)(=O)c1cccc(C(=O)NCC2CNC2)c1. The van der Waals surface area contributed by atoms with Crippen LogP contribution in [-0.4, -0.2) is 52.4 Å². The van der Waals surface area contributed by atoms with Crippen LogP contribution in [0.2, 0.25) is 0 Å². The number of hydrogen-bond donors (Lipinski definition) is 2. The van der Waals surface area contributed by atoms with Crippen LogP contribution in [0.25, 0.3) is 0 Å². The first-order chi connectivity index (χ1) is 9.41. The fourth-order valence-corrected chi connectivity index (χ4v) is 2.79. The second-order valence-electron chi connectivity index (χ2n) is 5.05. The molecule has 1 aromatic carbocycles. The van der Waals surface area contributed by atoms with Gasteiger partial charge in [-0.25, -0.2) is 12.7 Å². The molecule has 2 N–H and O–H groups in total. The van der Waals surface area contributed by atoms with Crippen molar-refractivity contribution >= 4 is 15.9 Å². The maximum atomic E-state index is 12.0. The van der Waals surface area contributed by atoms with E-state index in [4.69, 9.17) is 0 Å². The Kier molecular flexibility index (Phi) is 4.42. The van der Waals surface area contributed by atoms with Crippen LogP contribution in [0.3, 0.4) is 0 Å². The van der Waals surface area contributed by atoms with Crippen LogP contribution in [0.4, 0.5) is 0 Å². The number of amides is 1. The predicted molar refractivity (Wildman–Crippen MR) is 76.0 cm³/mol. The molecule has 1 fully saturated rings. The second-order valence-corrected chi connectivity index (χ2v) is 7.20. The molecule has 0 aromatic heterocycles. The molecule has 2 rings (SSSR count). The summed E-state index contributed by atoms with van der Waals surface area (Å²) >= 11 is 0. The quantitative estimate of drug-likeness (QED) is 0.794. The highest BCUT2D eigenvalue weighted by Gasteiger charge is 2.20. The molecule has 0 spiro atoms. The largest absolute Gasteiger partial charge is 0.352 e. The van der Waals surface area contributed by atoms with Crippen molar-refractivity contribution in [1.29, 1.82) is 0 Å². The number of hydrogen-bond acceptors (Lipinski definition) is 4. The molecule has 1 aliphatic heterocycles. The first-order valence-electron chi connectivity index (χ1n) is 6.43. The third-order valence-electron chi connectivity index (χ3n) is 3.29. The minimum absolute atomic E-state index is 0.125. The Hall–Kier alpha value is -1.44. The first-order valence-corrected chi connectivity index (χ1v) is 7.87. The van der Waals surface area contributed by atoms with Gasteiger partial charge in [0.2, 0.25) is 10.0 Å².